The molecule has 33 heavy (non-hydrogen) atoms. The molecule has 0 spiro atoms. The van der Waals surface area contributed by atoms with Gasteiger partial charge in [-0.1, -0.05) is 48.0 Å². The van der Waals surface area contributed by atoms with Gasteiger partial charge >= 0.3 is 0 Å². The number of aryl methyl sites for hydroxylation is 1. The number of carbonyl (C=O) groups excluding carboxylic acids is 1. The molecule has 0 aliphatic rings. The van der Waals surface area contributed by atoms with Crippen LogP contribution >= 0.6 is 0 Å². The molecule has 0 saturated heterocycles. The molecule has 3 rings (SSSR count). The Morgan fingerprint density at radius 2 is 1.73 bits per heavy atom. The van der Waals surface area contributed by atoms with Crippen LogP contribution in [0.25, 0.3) is 0 Å². The predicted octanol–water partition coefficient (Wildman–Crippen LogP) is 3.88. The fraction of sp³-hybridized carbons (Fsp3) is 0.167. The summed E-state index contributed by atoms with van der Waals surface area (Å²) in [4.78, 5) is 12.7. The molecule has 0 saturated carbocycles. The van der Waals surface area contributed by atoms with Crippen LogP contribution < -0.4 is 14.5 Å². The molecular weight excluding hydrogens is 445 g/mol. The number of benzene rings is 3. The van der Waals surface area contributed by atoms with Crippen molar-refractivity contribution in [3.63, 3.8) is 0 Å². The Labute approximate surface area is 192 Å². The minimum absolute atomic E-state index is 0.0297. The number of sulfonamides is 1. The molecule has 3 aromatic carbocycles. The Hall–Kier alpha value is -3.72. The molecule has 3 aromatic rings. The van der Waals surface area contributed by atoms with E-state index in [4.69, 9.17) is 4.74 Å². The molecule has 0 unspecified atom stereocenters. The quantitative estimate of drug-likeness (QED) is 0.381. The summed E-state index contributed by atoms with van der Waals surface area (Å²) in [6.45, 7) is 3.38. The van der Waals surface area contributed by atoms with E-state index >= 15 is 0 Å². The normalized spacial score (nSPS) is 11.4. The second-order valence-electron chi connectivity index (χ2n) is 7.04. The highest BCUT2D eigenvalue weighted by Crippen LogP contribution is 2.32. The number of hydrogen-bond donors (Lipinski definition) is 1. The van der Waals surface area contributed by atoms with E-state index in [0.29, 0.717) is 12.4 Å². The summed E-state index contributed by atoms with van der Waals surface area (Å²) in [5, 5.41) is 3.76. The molecule has 0 aromatic heterocycles. The van der Waals surface area contributed by atoms with Gasteiger partial charge in [0.15, 0.2) is 0 Å². The second-order valence-corrected chi connectivity index (χ2v) is 8.90. The van der Waals surface area contributed by atoms with Gasteiger partial charge in [0.2, 0.25) is 0 Å². The smallest absolute Gasteiger partial charge is 0.264 e. The topological polar surface area (TPSA) is 88.1 Å². The monoisotopic (exact) mass is 469 g/mol. The third-order valence-electron chi connectivity index (χ3n) is 4.63. The van der Waals surface area contributed by atoms with Gasteiger partial charge in [0, 0.05) is 5.56 Å². The van der Waals surface area contributed by atoms with Gasteiger partial charge in [0.1, 0.15) is 18.1 Å². The second kappa shape index (κ2) is 10.7. The maximum absolute atomic E-state index is 13.7. The lowest BCUT2D eigenvalue weighted by Gasteiger charge is -2.25. The number of anilines is 1. The highest BCUT2D eigenvalue weighted by atomic mass is 32.2. The average Bonchev–Trinajstić information content (AvgIpc) is 2.80. The van der Waals surface area contributed by atoms with Crippen molar-refractivity contribution in [1.29, 1.82) is 0 Å². The maximum Gasteiger partial charge on any atom is 0.264 e. The number of para-hydroxylation sites is 2. The fourth-order valence-corrected chi connectivity index (χ4v) is 4.43. The molecule has 0 aliphatic carbocycles. The first-order chi connectivity index (χ1) is 15.8. The summed E-state index contributed by atoms with van der Waals surface area (Å²) >= 11 is 0. The van der Waals surface area contributed by atoms with Crippen molar-refractivity contribution in [3.05, 3.63) is 89.7 Å². The zero-order valence-corrected chi connectivity index (χ0v) is 19.0. The van der Waals surface area contributed by atoms with Crippen LogP contribution in [0.1, 0.15) is 18.1 Å². The minimum Gasteiger partial charge on any atom is -0.492 e. The zero-order valence-electron chi connectivity index (χ0n) is 18.2. The van der Waals surface area contributed by atoms with Crippen LogP contribution in [-0.2, 0) is 14.8 Å². The van der Waals surface area contributed by atoms with Gasteiger partial charge < -0.3 is 4.74 Å². The lowest BCUT2D eigenvalue weighted by atomic mass is 10.2. The largest absolute Gasteiger partial charge is 0.492 e. The van der Waals surface area contributed by atoms with E-state index in [9.17, 15) is 17.6 Å². The molecule has 1 N–H and O–H groups in total. The van der Waals surface area contributed by atoms with Crippen LogP contribution in [-0.4, -0.2) is 33.7 Å². The summed E-state index contributed by atoms with van der Waals surface area (Å²) in [6.07, 6.45) is 1.15. The summed E-state index contributed by atoms with van der Waals surface area (Å²) in [5.74, 6) is -0.882. The first-order valence-corrected chi connectivity index (χ1v) is 11.6. The molecule has 0 radical (unpaired) electrons. The number of carbonyl (C=O) groups is 1. The lowest BCUT2D eigenvalue weighted by molar-refractivity contribution is -0.119. The molecule has 7 nitrogen and oxygen atoms in total. The maximum atomic E-state index is 13.7. The van der Waals surface area contributed by atoms with Crippen molar-refractivity contribution >= 4 is 27.8 Å². The SMILES string of the molecule is CCOc1ccccc1N(CC(=O)N/N=C\c1ccccc1F)S(=O)(=O)c1ccc(C)cc1. The van der Waals surface area contributed by atoms with E-state index in [-0.39, 0.29) is 16.1 Å². The molecular formula is C24H24FN3O4S. The molecule has 172 valence electrons. The van der Waals surface area contributed by atoms with Gasteiger partial charge in [-0.25, -0.2) is 18.2 Å². The Balaban J connectivity index is 1.91. The number of halogens is 1. The third-order valence-corrected chi connectivity index (χ3v) is 6.40. The first kappa shape index (κ1) is 23.9. The van der Waals surface area contributed by atoms with Crippen LogP contribution in [0.15, 0.2) is 82.8 Å². The van der Waals surface area contributed by atoms with Gasteiger partial charge in [-0.3, -0.25) is 9.10 Å². The number of hydrazone groups is 1. The molecule has 0 atom stereocenters. The highest BCUT2D eigenvalue weighted by Gasteiger charge is 2.29. The lowest BCUT2D eigenvalue weighted by Crippen LogP contribution is -2.39. The van der Waals surface area contributed by atoms with Crippen molar-refractivity contribution in [1.82, 2.24) is 5.43 Å². The van der Waals surface area contributed by atoms with Crippen molar-refractivity contribution in [3.8, 4) is 5.75 Å². The number of nitrogens with zero attached hydrogens (tertiary/aromatic N) is 2. The van der Waals surface area contributed by atoms with E-state index in [0.717, 1.165) is 16.1 Å². The molecule has 0 aliphatic heterocycles. The van der Waals surface area contributed by atoms with E-state index < -0.39 is 28.3 Å². The van der Waals surface area contributed by atoms with Gasteiger partial charge in [0.25, 0.3) is 15.9 Å². The number of nitrogens with one attached hydrogen (secondary N) is 1. The summed E-state index contributed by atoms with van der Waals surface area (Å²) in [7, 11) is -4.11. The van der Waals surface area contributed by atoms with Gasteiger partial charge in [-0.05, 0) is 44.2 Å². The summed E-state index contributed by atoms with van der Waals surface area (Å²) in [5.41, 5.74) is 3.56. The number of rotatable bonds is 9. The summed E-state index contributed by atoms with van der Waals surface area (Å²) in [6, 6.07) is 18.8. The molecule has 0 bridgehead atoms. The number of amides is 1. The van der Waals surface area contributed by atoms with E-state index in [2.05, 4.69) is 10.5 Å². The average molecular weight is 470 g/mol. The van der Waals surface area contributed by atoms with Crippen LogP contribution in [0.3, 0.4) is 0 Å². The van der Waals surface area contributed by atoms with Crippen molar-refractivity contribution in [2.45, 2.75) is 18.7 Å². The Bertz CT molecular complexity index is 1240. The van der Waals surface area contributed by atoms with Gasteiger partial charge in [-0.2, -0.15) is 5.10 Å². The van der Waals surface area contributed by atoms with Gasteiger partial charge in [-0.15, -0.1) is 0 Å². The van der Waals surface area contributed by atoms with Crippen LogP contribution in [0.4, 0.5) is 10.1 Å². The number of hydrogen-bond acceptors (Lipinski definition) is 5. The highest BCUT2D eigenvalue weighted by molar-refractivity contribution is 7.92. The first-order valence-electron chi connectivity index (χ1n) is 10.2. The van der Waals surface area contributed by atoms with E-state index in [1.165, 1.54) is 30.3 Å². The van der Waals surface area contributed by atoms with Crippen LogP contribution in [0, 0.1) is 12.7 Å². The van der Waals surface area contributed by atoms with Gasteiger partial charge in [0.05, 0.1) is 23.4 Å². The molecule has 9 heteroatoms. The standard InChI is InChI=1S/C24H24FN3O4S/c1-3-32-23-11-7-6-10-22(23)28(33(30,31)20-14-12-18(2)13-15-20)17-24(29)27-26-16-19-8-4-5-9-21(19)25/h4-16H,3,17H2,1-2H3,(H,27,29)/b26-16-. The summed E-state index contributed by atoms with van der Waals surface area (Å²) < 4.78 is 47.2. The van der Waals surface area contributed by atoms with Crippen molar-refractivity contribution in [2.75, 3.05) is 17.5 Å². The van der Waals surface area contributed by atoms with E-state index in [1.807, 2.05) is 6.92 Å². The van der Waals surface area contributed by atoms with Crippen molar-refractivity contribution < 1.29 is 22.3 Å². The minimum atomic E-state index is -4.11. The molecule has 1 amide bonds. The Morgan fingerprint density at radius 1 is 1.06 bits per heavy atom. The Morgan fingerprint density at radius 3 is 2.42 bits per heavy atom. The zero-order chi connectivity index (χ0) is 23.8. The third kappa shape index (κ3) is 5.95. The molecule has 0 fully saturated rings. The number of ether oxygens (including phenoxy) is 1. The van der Waals surface area contributed by atoms with E-state index in [1.54, 1.807) is 49.4 Å². The fourth-order valence-electron chi connectivity index (χ4n) is 3.00. The molecule has 0 heterocycles. The Kier molecular flexibility index (Phi) is 7.78. The predicted molar refractivity (Wildman–Crippen MR) is 125 cm³/mol. The van der Waals surface area contributed by atoms with Crippen LogP contribution in [0.2, 0.25) is 0 Å². The van der Waals surface area contributed by atoms with Crippen molar-refractivity contribution in [2.24, 2.45) is 5.10 Å². The van der Waals surface area contributed by atoms with Crippen LogP contribution in [0.5, 0.6) is 5.75 Å².